The van der Waals surface area contributed by atoms with Gasteiger partial charge in [0.25, 0.3) is 0 Å². The fourth-order valence-corrected chi connectivity index (χ4v) is 3.86. The van der Waals surface area contributed by atoms with Gasteiger partial charge in [0.15, 0.2) is 0 Å². The van der Waals surface area contributed by atoms with Gasteiger partial charge in [-0.25, -0.2) is 9.78 Å². The van der Waals surface area contributed by atoms with Gasteiger partial charge in [0, 0.05) is 27.7 Å². The van der Waals surface area contributed by atoms with Crippen LogP contribution < -0.4 is 9.47 Å². The summed E-state index contributed by atoms with van der Waals surface area (Å²) in [6.45, 7) is 7.69. The highest BCUT2D eigenvalue weighted by molar-refractivity contribution is 9.10. The Morgan fingerprint density at radius 1 is 1.06 bits per heavy atom. The molecule has 0 saturated heterocycles. The molecule has 0 aliphatic rings. The van der Waals surface area contributed by atoms with Gasteiger partial charge < -0.3 is 14.2 Å². The Morgan fingerprint density at radius 3 is 2.47 bits per heavy atom. The summed E-state index contributed by atoms with van der Waals surface area (Å²) in [7, 11) is 1.63. The molecular formula is C26H26BrN3O4. The Balaban J connectivity index is 1.70. The number of carbonyl (C=O) groups is 1. The van der Waals surface area contributed by atoms with Crippen molar-refractivity contribution in [2.75, 3.05) is 7.11 Å². The van der Waals surface area contributed by atoms with E-state index >= 15 is 0 Å². The van der Waals surface area contributed by atoms with E-state index in [2.05, 4.69) is 25.9 Å². The van der Waals surface area contributed by atoms with Gasteiger partial charge in [-0.15, -0.1) is 0 Å². The lowest BCUT2D eigenvalue weighted by atomic mass is 10.1. The summed E-state index contributed by atoms with van der Waals surface area (Å²) in [4.78, 5) is 22.0. The lowest BCUT2D eigenvalue weighted by Gasteiger charge is -2.19. The summed E-state index contributed by atoms with van der Waals surface area (Å²) in [5.41, 5.74) is 2.54. The molecule has 0 fully saturated rings. The summed E-state index contributed by atoms with van der Waals surface area (Å²) >= 11 is 3.53. The van der Waals surface area contributed by atoms with Crippen molar-refractivity contribution in [3.8, 4) is 22.9 Å². The van der Waals surface area contributed by atoms with Crippen molar-refractivity contribution < 1.29 is 19.0 Å². The molecule has 2 aromatic carbocycles. The first-order valence-electron chi connectivity index (χ1n) is 10.8. The number of aromatic nitrogens is 3. The molecule has 0 unspecified atom stereocenters. The van der Waals surface area contributed by atoms with Crippen LogP contribution in [0.4, 0.5) is 4.79 Å². The molecule has 0 aliphatic carbocycles. The quantitative estimate of drug-likeness (QED) is 0.295. The van der Waals surface area contributed by atoms with Crippen LogP contribution in [0.1, 0.15) is 32.2 Å². The molecule has 0 amide bonds. The lowest BCUT2D eigenvalue weighted by molar-refractivity contribution is 0.0544. The van der Waals surface area contributed by atoms with Gasteiger partial charge in [0.1, 0.15) is 23.8 Å². The molecule has 34 heavy (non-hydrogen) atoms. The van der Waals surface area contributed by atoms with Crippen LogP contribution in [0.25, 0.3) is 22.2 Å². The maximum absolute atomic E-state index is 12.9. The third kappa shape index (κ3) is 5.39. The Hall–Kier alpha value is -3.39. The fourth-order valence-electron chi connectivity index (χ4n) is 3.50. The summed E-state index contributed by atoms with van der Waals surface area (Å²) in [6, 6.07) is 15.2. The van der Waals surface area contributed by atoms with E-state index in [9.17, 15) is 4.79 Å². The molecule has 0 atom stereocenters. The third-order valence-corrected chi connectivity index (χ3v) is 5.49. The topological polar surface area (TPSA) is 75.5 Å². The fraction of sp³-hybridized carbons (Fsp3) is 0.269. The van der Waals surface area contributed by atoms with E-state index in [1.54, 1.807) is 19.4 Å². The molecule has 7 nitrogen and oxygen atoms in total. The second kappa shape index (κ2) is 9.46. The number of methoxy groups -OCH3 is 1. The summed E-state index contributed by atoms with van der Waals surface area (Å²) in [5.74, 6) is 1.80. The molecule has 176 valence electrons. The van der Waals surface area contributed by atoms with Crippen LogP contribution in [0, 0.1) is 6.92 Å². The maximum atomic E-state index is 12.9. The minimum absolute atomic E-state index is 0.352. The van der Waals surface area contributed by atoms with E-state index in [0.717, 1.165) is 32.3 Å². The monoisotopic (exact) mass is 523 g/mol. The van der Waals surface area contributed by atoms with Crippen molar-refractivity contribution in [2.24, 2.45) is 0 Å². The van der Waals surface area contributed by atoms with Crippen LogP contribution in [0.15, 0.2) is 59.2 Å². The largest absolute Gasteiger partial charge is 0.497 e. The highest BCUT2D eigenvalue weighted by Crippen LogP contribution is 2.33. The normalized spacial score (nSPS) is 11.5. The number of carbonyl (C=O) groups excluding carboxylic acids is 1. The van der Waals surface area contributed by atoms with Gasteiger partial charge in [0.05, 0.1) is 18.3 Å². The molecular weight excluding hydrogens is 498 g/mol. The van der Waals surface area contributed by atoms with Crippen molar-refractivity contribution in [1.29, 1.82) is 0 Å². The van der Waals surface area contributed by atoms with E-state index in [4.69, 9.17) is 14.2 Å². The first kappa shape index (κ1) is 23.8. The van der Waals surface area contributed by atoms with E-state index in [0.29, 0.717) is 24.0 Å². The van der Waals surface area contributed by atoms with Crippen LogP contribution in [-0.4, -0.2) is 33.3 Å². The number of hydrogen-bond donors (Lipinski definition) is 0. The molecule has 0 aliphatic heterocycles. The van der Waals surface area contributed by atoms with Crippen molar-refractivity contribution in [3.05, 3.63) is 70.6 Å². The molecule has 0 spiro atoms. The van der Waals surface area contributed by atoms with Crippen LogP contribution in [0.2, 0.25) is 0 Å². The van der Waals surface area contributed by atoms with Crippen molar-refractivity contribution in [1.82, 2.24) is 14.5 Å². The van der Waals surface area contributed by atoms with Gasteiger partial charge in [-0.1, -0.05) is 28.1 Å². The number of hydrogen-bond acceptors (Lipinski definition) is 6. The van der Waals surface area contributed by atoms with Gasteiger partial charge in [-0.05, 0) is 63.6 Å². The van der Waals surface area contributed by atoms with Crippen molar-refractivity contribution >= 4 is 32.9 Å². The van der Waals surface area contributed by atoms with E-state index in [1.807, 2.05) is 70.2 Å². The van der Waals surface area contributed by atoms with Crippen molar-refractivity contribution in [3.63, 3.8) is 0 Å². The zero-order valence-corrected chi connectivity index (χ0v) is 21.3. The van der Waals surface area contributed by atoms with E-state index in [1.165, 1.54) is 4.57 Å². The Bertz CT molecular complexity index is 1340. The molecule has 4 aromatic rings. The third-order valence-electron chi connectivity index (χ3n) is 4.99. The molecule has 0 bridgehead atoms. The van der Waals surface area contributed by atoms with Gasteiger partial charge >= 0.3 is 6.09 Å². The van der Waals surface area contributed by atoms with Crippen LogP contribution in [-0.2, 0) is 11.3 Å². The molecule has 0 N–H and O–H groups in total. The van der Waals surface area contributed by atoms with E-state index < -0.39 is 11.7 Å². The highest BCUT2D eigenvalue weighted by Gasteiger charge is 2.22. The predicted octanol–water partition coefficient (Wildman–Crippen LogP) is 6.54. The molecule has 0 radical (unpaired) electrons. The summed E-state index contributed by atoms with van der Waals surface area (Å²) in [5, 5.41) is 0.861. The molecule has 0 saturated carbocycles. The van der Waals surface area contributed by atoms with Crippen LogP contribution in [0.5, 0.6) is 11.6 Å². The highest BCUT2D eigenvalue weighted by atomic mass is 79.9. The lowest BCUT2D eigenvalue weighted by Crippen LogP contribution is -2.26. The molecule has 8 heteroatoms. The average molecular weight is 524 g/mol. The number of ether oxygens (including phenoxy) is 3. The average Bonchev–Trinajstić information content (AvgIpc) is 3.15. The summed E-state index contributed by atoms with van der Waals surface area (Å²) < 4.78 is 19.2. The number of nitrogens with zero attached hydrogens (tertiary/aromatic N) is 3. The number of aryl methyl sites for hydroxylation is 1. The number of fused-ring (bicyclic) bond motifs is 1. The first-order chi connectivity index (χ1) is 16.1. The number of halogens is 1. The minimum atomic E-state index is -0.614. The van der Waals surface area contributed by atoms with Crippen LogP contribution >= 0.6 is 15.9 Å². The molecule has 2 heterocycles. The molecule has 2 aromatic heterocycles. The zero-order valence-electron chi connectivity index (χ0n) is 19.8. The minimum Gasteiger partial charge on any atom is -0.497 e. The Labute approximate surface area is 206 Å². The summed E-state index contributed by atoms with van der Waals surface area (Å²) in [6.07, 6.45) is 1.30. The van der Waals surface area contributed by atoms with Gasteiger partial charge in [0.2, 0.25) is 5.88 Å². The SMILES string of the molecule is COc1ccc(COc2cc(-c3cn(C(=O)OC(C)(C)C)c4ccc(Br)cc34)nc(C)n2)cc1. The maximum Gasteiger partial charge on any atom is 0.419 e. The Morgan fingerprint density at radius 2 is 1.79 bits per heavy atom. The van der Waals surface area contributed by atoms with E-state index in [-0.39, 0.29) is 0 Å². The first-order valence-corrected chi connectivity index (χ1v) is 11.6. The van der Waals surface area contributed by atoms with Gasteiger partial charge in [-0.3, -0.25) is 4.57 Å². The number of rotatable bonds is 5. The van der Waals surface area contributed by atoms with Crippen LogP contribution in [0.3, 0.4) is 0 Å². The number of benzene rings is 2. The van der Waals surface area contributed by atoms with Gasteiger partial charge in [-0.2, -0.15) is 4.98 Å². The predicted molar refractivity (Wildman–Crippen MR) is 134 cm³/mol. The molecule has 4 rings (SSSR count). The Kier molecular flexibility index (Phi) is 6.61. The smallest absolute Gasteiger partial charge is 0.419 e. The standard InChI is InChI=1S/C26H26BrN3O4/c1-16-28-22(13-24(29-16)33-15-17-6-9-19(32-5)10-7-17)21-14-30(25(31)34-26(2,3)4)23-11-8-18(27)12-20(21)23/h6-14H,15H2,1-5H3. The second-order valence-electron chi connectivity index (χ2n) is 8.83. The zero-order chi connectivity index (χ0) is 24.5. The second-order valence-corrected chi connectivity index (χ2v) is 9.75. The van der Waals surface area contributed by atoms with Crippen molar-refractivity contribution in [2.45, 2.75) is 39.9 Å².